The molecule has 2 N–H and O–H groups in total. The summed E-state index contributed by atoms with van der Waals surface area (Å²) in [6.07, 6.45) is 0.696. The standard InChI is InChI=1S/C13H18BrFN2O3S.ClH/c1-8-7-16-4-3-11(8)17-21(18,19)13-6-10(15)9(14)5-12(13)20-2;/h5-6,8,11,16-17H,3-4,7H2,1-2H3;1H. The van der Waals surface area contributed by atoms with Crippen LogP contribution < -0.4 is 14.8 Å². The molecule has 22 heavy (non-hydrogen) atoms. The second kappa shape index (κ2) is 7.92. The second-order valence-corrected chi connectivity index (χ2v) is 7.65. The van der Waals surface area contributed by atoms with E-state index in [1.807, 2.05) is 6.92 Å². The minimum atomic E-state index is -3.84. The first-order chi connectivity index (χ1) is 9.85. The first kappa shape index (κ1) is 19.6. The molecule has 1 aromatic carbocycles. The van der Waals surface area contributed by atoms with Gasteiger partial charge in [-0.15, -0.1) is 12.4 Å². The zero-order valence-electron chi connectivity index (χ0n) is 12.2. The van der Waals surface area contributed by atoms with Gasteiger partial charge < -0.3 is 10.1 Å². The van der Waals surface area contributed by atoms with Crippen molar-refractivity contribution < 1.29 is 17.5 Å². The Balaban J connectivity index is 0.00000242. The highest BCUT2D eigenvalue weighted by atomic mass is 79.9. The lowest BCUT2D eigenvalue weighted by molar-refractivity contribution is 0.327. The van der Waals surface area contributed by atoms with E-state index in [1.165, 1.54) is 13.2 Å². The van der Waals surface area contributed by atoms with Gasteiger partial charge in [-0.1, -0.05) is 6.92 Å². The number of methoxy groups -OCH3 is 1. The quantitative estimate of drug-likeness (QED) is 0.789. The van der Waals surface area contributed by atoms with E-state index < -0.39 is 15.8 Å². The zero-order valence-corrected chi connectivity index (χ0v) is 15.4. The van der Waals surface area contributed by atoms with Crippen molar-refractivity contribution in [1.29, 1.82) is 0 Å². The lowest BCUT2D eigenvalue weighted by Crippen LogP contribution is -2.48. The minimum absolute atomic E-state index is 0. The maximum atomic E-state index is 13.7. The first-order valence-corrected chi connectivity index (χ1v) is 8.89. The topological polar surface area (TPSA) is 67.4 Å². The van der Waals surface area contributed by atoms with Crippen molar-refractivity contribution >= 4 is 38.4 Å². The van der Waals surface area contributed by atoms with Crippen molar-refractivity contribution in [3.63, 3.8) is 0 Å². The van der Waals surface area contributed by atoms with Crippen molar-refractivity contribution in [3.05, 3.63) is 22.4 Å². The minimum Gasteiger partial charge on any atom is -0.495 e. The van der Waals surface area contributed by atoms with E-state index in [4.69, 9.17) is 4.74 Å². The smallest absolute Gasteiger partial charge is 0.244 e. The van der Waals surface area contributed by atoms with Crippen molar-refractivity contribution in [2.24, 2.45) is 5.92 Å². The molecule has 2 unspecified atom stereocenters. The summed E-state index contributed by atoms with van der Waals surface area (Å²) in [6.45, 7) is 3.47. The molecule has 0 radical (unpaired) electrons. The van der Waals surface area contributed by atoms with E-state index in [2.05, 4.69) is 26.0 Å². The summed E-state index contributed by atoms with van der Waals surface area (Å²) in [5.74, 6) is -0.369. The summed E-state index contributed by atoms with van der Waals surface area (Å²) in [5, 5.41) is 3.20. The molecule has 0 aromatic heterocycles. The molecule has 0 spiro atoms. The van der Waals surface area contributed by atoms with Gasteiger partial charge in [-0.25, -0.2) is 17.5 Å². The van der Waals surface area contributed by atoms with E-state index in [9.17, 15) is 12.8 Å². The molecule has 1 aliphatic heterocycles. The molecule has 1 saturated heterocycles. The second-order valence-electron chi connectivity index (χ2n) is 5.12. The van der Waals surface area contributed by atoms with E-state index in [-0.39, 0.29) is 39.5 Å². The third-order valence-electron chi connectivity index (χ3n) is 3.59. The van der Waals surface area contributed by atoms with Gasteiger partial charge in [-0.2, -0.15) is 0 Å². The number of hydrogen-bond donors (Lipinski definition) is 2. The van der Waals surface area contributed by atoms with Crippen LogP contribution in [0.15, 0.2) is 21.5 Å². The average molecular weight is 418 g/mol. The van der Waals surface area contributed by atoms with Gasteiger partial charge in [0.15, 0.2) is 0 Å². The molecule has 0 amide bonds. The summed E-state index contributed by atoms with van der Waals surface area (Å²) >= 11 is 3.02. The Bertz CT molecular complexity index is 630. The third-order valence-corrected chi connectivity index (χ3v) is 5.71. The van der Waals surface area contributed by atoms with Crippen LogP contribution in [0.1, 0.15) is 13.3 Å². The molecule has 2 rings (SSSR count). The summed E-state index contributed by atoms with van der Waals surface area (Å²) in [7, 11) is -2.49. The SMILES string of the molecule is COc1cc(Br)c(F)cc1S(=O)(=O)NC1CCNCC1C.Cl. The number of hydrogen-bond acceptors (Lipinski definition) is 4. The van der Waals surface area contributed by atoms with Gasteiger partial charge in [-0.05, 0) is 53.5 Å². The molecule has 0 bridgehead atoms. The molecular weight excluding hydrogens is 399 g/mol. The fourth-order valence-corrected chi connectivity index (χ4v) is 4.20. The maximum Gasteiger partial charge on any atom is 0.244 e. The molecular formula is C13H19BrClFN2O3S. The van der Waals surface area contributed by atoms with Crippen LogP contribution in [0, 0.1) is 11.7 Å². The van der Waals surface area contributed by atoms with Gasteiger partial charge in [0.05, 0.1) is 11.6 Å². The molecule has 1 aromatic rings. The van der Waals surface area contributed by atoms with Crippen LogP contribution in [-0.4, -0.2) is 34.7 Å². The van der Waals surface area contributed by atoms with Gasteiger partial charge >= 0.3 is 0 Å². The third kappa shape index (κ3) is 4.32. The molecule has 2 atom stereocenters. The lowest BCUT2D eigenvalue weighted by Gasteiger charge is -2.30. The van der Waals surface area contributed by atoms with Crippen molar-refractivity contribution in [2.75, 3.05) is 20.2 Å². The Morgan fingerprint density at radius 3 is 2.73 bits per heavy atom. The highest BCUT2D eigenvalue weighted by Crippen LogP contribution is 2.30. The van der Waals surface area contributed by atoms with E-state index in [0.717, 1.165) is 19.2 Å². The number of ether oxygens (including phenoxy) is 1. The lowest BCUT2D eigenvalue weighted by atomic mass is 9.97. The van der Waals surface area contributed by atoms with Crippen LogP contribution >= 0.6 is 28.3 Å². The van der Waals surface area contributed by atoms with Crippen LogP contribution in [0.2, 0.25) is 0 Å². The van der Waals surface area contributed by atoms with Crippen LogP contribution in [0.3, 0.4) is 0 Å². The van der Waals surface area contributed by atoms with Gasteiger partial charge in [0.25, 0.3) is 0 Å². The Labute approximate surface area is 144 Å². The van der Waals surface area contributed by atoms with E-state index in [0.29, 0.717) is 6.42 Å². The molecule has 0 saturated carbocycles. The molecule has 1 fully saturated rings. The fraction of sp³-hybridized carbons (Fsp3) is 0.538. The number of nitrogens with one attached hydrogen (secondary N) is 2. The Kier molecular flexibility index (Phi) is 7.07. The highest BCUT2D eigenvalue weighted by Gasteiger charge is 2.29. The Morgan fingerprint density at radius 2 is 2.14 bits per heavy atom. The summed E-state index contributed by atoms with van der Waals surface area (Å²) in [5.41, 5.74) is 0. The molecule has 126 valence electrons. The molecule has 1 aliphatic rings. The number of sulfonamides is 1. The van der Waals surface area contributed by atoms with Crippen molar-refractivity contribution in [3.8, 4) is 5.75 Å². The maximum absolute atomic E-state index is 13.7. The van der Waals surface area contributed by atoms with Gasteiger partial charge in [0, 0.05) is 6.04 Å². The van der Waals surface area contributed by atoms with Crippen LogP contribution in [0.4, 0.5) is 4.39 Å². The fourth-order valence-electron chi connectivity index (χ4n) is 2.33. The molecule has 5 nitrogen and oxygen atoms in total. The summed E-state index contributed by atoms with van der Waals surface area (Å²) < 4.78 is 46.5. The van der Waals surface area contributed by atoms with Crippen molar-refractivity contribution in [1.82, 2.24) is 10.0 Å². The van der Waals surface area contributed by atoms with Gasteiger partial charge in [0.1, 0.15) is 16.5 Å². The number of benzene rings is 1. The Hall–Kier alpha value is -0.410. The largest absolute Gasteiger partial charge is 0.495 e. The number of piperidine rings is 1. The summed E-state index contributed by atoms with van der Waals surface area (Å²) in [4.78, 5) is -0.184. The zero-order chi connectivity index (χ0) is 15.6. The molecule has 9 heteroatoms. The number of rotatable bonds is 4. The first-order valence-electron chi connectivity index (χ1n) is 6.61. The number of halogens is 3. The van der Waals surface area contributed by atoms with Crippen LogP contribution in [0.5, 0.6) is 5.75 Å². The Morgan fingerprint density at radius 1 is 1.45 bits per heavy atom. The predicted molar refractivity (Wildman–Crippen MR) is 88.7 cm³/mol. The normalized spacial score (nSPS) is 22.0. The molecule has 1 heterocycles. The monoisotopic (exact) mass is 416 g/mol. The summed E-state index contributed by atoms with van der Waals surface area (Å²) in [6, 6.07) is 2.11. The van der Waals surface area contributed by atoms with Crippen LogP contribution in [-0.2, 0) is 10.0 Å². The average Bonchev–Trinajstić information content (AvgIpc) is 2.43. The van der Waals surface area contributed by atoms with Gasteiger partial charge in [0.2, 0.25) is 10.0 Å². The molecule has 0 aliphatic carbocycles. The van der Waals surface area contributed by atoms with Gasteiger partial charge in [-0.3, -0.25) is 0 Å². The highest BCUT2D eigenvalue weighted by molar-refractivity contribution is 9.10. The van der Waals surface area contributed by atoms with Crippen molar-refractivity contribution in [2.45, 2.75) is 24.3 Å². The van der Waals surface area contributed by atoms with E-state index >= 15 is 0 Å². The van der Waals surface area contributed by atoms with E-state index in [1.54, 1.807) is 0 Å². The van der Waals surface area contributed by atoms with Crippen LogP contribution in [0.25, 0.3) is 0 Å². The predicted octanol–water partition coefficient (Wildman–Crippen LogP) is 2.29.